The van der Waals surface area contributed by atoms with Crippen molar-refractivity contribution in [1.82, 2.24) is 10.5 Å². The summed E-state index contributed by atoms with van der Waals surface area (Å²) in [6.07, 6.45) is -0.269. The maximum absolute atomic E-state index is 12.8. The minimum Gasteiger partial charge on any atom is -0.388 e. The molecule has 0 spiro atoms. The van der Waals surface area contributed by atoms with Crippen LogP contribution >= 0.6 is 11.6 Å². The fraction of sp³-hybridized carbons (Fsp3) is 0.238. The van der Waals surface area contributed by atoms with Gasteiger partial charge in [0.25, 0.3) is 5.91 Å². The van der Waals surface area contributed by atoms with Crippen molar-refractivity contribution >= 4 is 17.5 Å². The lowest BCUT2D eigenvalue weighted by Crippen LogP contribution is -2.34. The van der Waals surface area contributed by atoms with Crippen molar-refractivity contribution in [3.63, 3.8) is 0 Å². The summed E-state index contributed by atoms with van der Waals surface area (Å²) in [5, 5.41) is 17.8. The van der Waals surface area contributed by atoms with Gasteiger partial charge in [-0.2, -0.15) is 0 Å². The number of halogens is 1. The first-order valence-electron chi connectivity index (χ1n) is 8.72. The van der Waals surface area contributed by atoms with Gasteiger partial charge in [-0.05, 0) is 31.9 Å². The molecule has 1 amide bonds. The van der Waals surface area contributed by atoms with Gasteiger partial charge >= 0.3 is 0 Å². The average molecular weight is 385 g/mol. The number of hydrogen-bond donors (Lipinski definition) is 2. The van der Waals surface area contributed by atoms with Crippen LogP contribution in [-0.4, -0.2) is 22.2 Å². The number of carbonyl (C=O) groups is 1. The number of benzene rings is 2. The van der Waals surface area contributed by atoms with Crippen LogP contribution in [-0.2, 0) is 0 Å². The van der Waals surface area contributed by atoms with Crippen molar-refractivity contribution in [2.45, 2.75) is 32.4 Å². The van der Waals surface area contributed by atoms with E-state index in [9.17, 15) is 9.90 Å². The zero-order valence-corrected chi connectivity index (χ0v) is 15.9. The van der Waals surface area contributed by atoms with E-state index in [1.165, 1.54) is 0 Å². The zero-order chi connectivity index (χ0) is 19.4. The maximum Gasteiger partial charge on any atom is 0.257 e. The first-order chi connectivity index (χ1) is 13.0. The van der Waals surface area contributed by atoms with Crippen LogP contribution in [0.2, 0.25) is 5.02 Å². The summed E-state index contributed by atoms with van der Waals surface area (Å²) in [6.45, 7) is 3.54. The van der Waals surface area contributed by atoms with Gasteiger partial charge in [0.15, 0.2) is 0 Å². The van der Waals surface area contributed by atoms with Crippen LogP contribution in [0.15, 0.2) is 59.1 Å². The fourth-order valence-electron chi connectivity index (χ4n) is 2.98. The molecule has 0 saturated carbocycles. The van der Waals surface area contributed by atoms with Crippen molar-refractivity contribution in [2.24, 2.45) is 0 Å². The Balaban J connectivity index is 1.75. The van der Waals surface area contributed by atoms with Gasteiger partial charge in [-0.15, -0.1) is 0 Å². The molecular weight excluding hydrogens is 364 g/mol. The van der Waals surface area contributed by atoms with E-state index in [-0.39, 0.29) is 11.9 Å². The van der Waals surface area contributed by atoms with Crippen molar-refractivity contribution < 1.29 is 14.4 Å². The molecule has 5 nitrogen and oxygen atoms in total. The molecule has 0 aliphatic heterocycles. The van der Waals surface area contributed by atoms with Crippen molar-refractivity contribution in [3.8, 4) is 11.3 Å². The molecule has 0 unspecified atom stereocenters. The van der Waals surface area contributed by atoms with E-state index in [2.05, 4.69) is 10.5 Å². The van der Waals surface area contributed by atoms with Crippen molar-refractivity contribution in [2.75, 3.05) is 0 Å². The van der Waals surface area contributed by atoms with Crippen LogP contribution < -0.4 is 5.32 Å². The second-order valence-electron chi connectivity index (χ2n) is 6.48. The highest BCUT2D eigenvalue weighted by atomic mass is 35.5. The largest absolute Gasteiger partial charge is 0.388 e. The molecule has 3 rings (SSSR count). The summed E-state index contributed by atoms with van der Waals surface area (Å²) in [6, 6.07) is 16.3. The van der Waals surface area contributed by atoms with Crippen LogP contribution in [0.3, 0.4) is 0 Å². The molecule has 2 aromatic carbocycles. The Labute approximate surface area is 163 Å². The lowest BCUT2D eigenvalue weighted by atomic mass is 10.0. The van der Waals surface area contributed by atoms with Crippen LogP contribution in [0, 0.1) is 6.92 Å². The molecule has 1 heterocycles. The van der Waals surface area contributed by atoms with Crippen LogP contribution in [0.1, 0.15) is 41.1 Å². The summed E-state index contributed by atoms with van der Waals surface area (Å²) < 4.78 is 5.24. The van der Waals surface area contributed by atoms with E-state index in [1.807, 2.05) is 49.4 Å². The predicted molar refractivity (Wildman–Crippen MR) is 105 cm³/mol. The van der Waals surface area contributed by atoms with E-state index in [4.69, 9.17) is 16.1 Å². The van der Waals surface area contributed by atoms with Gasteiger partial charge in [0.05, 0.1) is 11.1 Å². The Morgan fingerprint density at radius 3 is 2.56 bits per heavy atom. The fourth-order valence-corrected chi connectivity index (χ4v) is 3.20. The molecule has 0 radical (unpaired) electrons. The van der Waals surface area contributed by atoms with Gasteiger partial charge < -0.3 is 14.9 Å². The molecule has 3 aromatic rings. The Bertz CT molecular complexity index is 924. The summed E-state index contributed by atoms with van der Waals surface area (Å²) >= 11 is 6.24. The number of nitrogens with zero attached hydrogens (tertiary/aromatic N) is 1. The lowest BCUT2D eigenvalue weighted by molar-refractivity contribution is 0.0916. The number of aliphatic hydroxyl groups excluding tert-OH is 1. The monoisotopic (exact) mass is 384 g/mol. The second kappa shape index (κ2) is 8.37. The molecule has 0 fully saturated rings. The lowest BCUT2D eigenvalue weighted by Gasteiger charge is -2.18. The molecule has 27 heavy (non-hydrogen) atoms. The maximum atomic E-state index is 12.8. The van der Waals surface area contributed by atoms with Crippen LogP contribution in [0.4, 0.5) is 0 Å². The van der Waals surface area contributed by atoms with Crippen molar-refractivity contribution in [3.05, 3.63) is 76.5 Å². The third kappa shape index (κ3) is 4.38. The van der Waals surface area contributed by atoms with Gasteiger partial charge in [-0.3, -0.25) is 4.79 Å². The quantitative estimate of drug-likeness (QED) is 0.654. The normalized spacial score (nSPS) is 13.2. The number of aliphatic hydroxyl groups is 1. The minimum absolute atomic E-state index is 0.249. The Hall–Kier alpha value is -2.63. The molecule has 0 saturated heterocycles. The number of hydrogen-bond acceptors (Lipinski definition) is 4. The Morgan fingerprint density at radius 1 is 1.19 bits per heavy atom. The van der Waals surface area contributed by atoms with Gasteiger partial charge in [0.2, 0.25) is 0 Å². The second-order valence-corrected chi connectivity index (χ2v) is 6.89. The zero-order valence-electron chi connectivity index (χ0n) is 15.1. The van der Waals surface area contributed by atoms with Crippen LogP contribution in [0.25, 0.3) is 11.3 Å². The Morgan fingerprint density at radius 2 is 1.85 bits per heavy atom. The summed E-state index contributed by atoms with van der Waals surface area (Å²) in [5.74, 6) is 0.106. The third-order valence-electron chi connectivity index (χ3n) is 4.36. The number of aryl methyl sites for hydroxylation is 1. The molecule has 6 heteroatoms. The number of nitrogens with one attached hydrogen (secondary N) is 1. The molecule has 2 N–H and O–H groups in total. The van der Waals surface area contributed by atoms with E-state index in [0.717, 1.165) is 5.56 Å². The summed E-state index contributed by atoms with van der Waals surface area (Å²) in [5.41, 5.74) is 2.21. The van der Waals surface area contributed by atoms with Gasteiger partial charge in [-0.1, -0.05) is 65.3 Å². The highest BCUT2D eigenvalue weighted by Crippen LogP contribution is 2.31. The molecule has 2 atom stereocenters. The summed E-state index contributed by atoms with van der Waals surface area (Å²) in [4.78, 5) is 12.8. The first kappa shape index (κ1) is 19.1. The molecule has 140 valence electrons. The van der Waals surface area contributed by atoms with E-state index >= 15 is 0 Å². The van der Waals surface area contributed by atoms with Gasteiger partial charge in [-0.25, -0.2) is 0 Å². The number of rotatable bonds is 6. The highest BCUT2D eigenvalue weighted by Gasteiger charge is 2.24. The number of carbonyl (C=O) groups excluding carboxylic acids is 1. The summed E-state index contributed by atoms with van der Waals surface area (Å²) in [7, 11) is 0. The topological polar surface area (TPSA) is 75.4 Å². The van der Waals surface area contributed by atoms with Crippen molar-refractivity contribution in [1.29, 1.82) is 0 Å². The minimum atomic E-state index is -0.659. The molecule has 1 aromatic heterocycles. The van der Waals surface area contributed by atoms with Gasteiger partial charge in [0.1, 0.15) is 17.0 Å². The van der Waals surface area contributed by atoms with Crippen LogP contribution in [0.5, 0.6) is 0 Å². The van der Waals surface area contributed by atoms with E-state index in [1.54, 1.807) is 19.1 Å². The molecule has 0 aliphatic carbocycles. The molecule has 0 aliphatic rings. The predicted octanol–water partition coefficient (Wildman–Crippen LogP) is 4.55. The van der Waals surface area contributed by atoms with Gasteiger partial charge in [0, 0.05) is 11.6 Å². The Kier molecular flexibility index (Phi) is 5.94. The van der Waals surface area contributed by atoms with E-state index < -0.39 is 6.10 Å². The standard InChI is InChI=1S/C21H21ClN2O3/c1-13(12-18(25)15-8-4-3-5-9-15)23-21(26)19-14(2)27-24-20(19)16-10-6-7-11-17(16)22/h3-11,13,18,25H,12H2,1-2H3,(H,23,26)/t13-,18-/m0/s1. The number of aromatic nitrogens is 1. The average Bonchev–Trinajstić information content (AvgIpc) is 3.04. The molecular formula is C21H21ClN2O3. The SMILES string of the molecule is Cc1onc(-c2ccccc2Cl)c1C(=O)N[C@@H](C)C[C@H](O)c1ccccc1. The van der Waals surface area contributed by atoms with E-state index in [0.29, 0.717) is 34.0 Å². The smallest absolute Gasteiger partial charge is 0.257 e. The number of amides is 1. The third-order valence-corrected chi connectivity index (χ3v) is 4.69. The molecule has 0 bridgehead atoms. The first-order valence-corrected chi connectivity index (χ1v) is 9.10. The highest BCUT2D eigenvalue weighted by molar-refractivity contribution is 6.33.